The zero-order valence-corrected chi connectivity index (χ0v) is 8.28. The van der Waals surface area contributed by atoms with Gasteiger partial charge in [-0.3, -0.25) is 4.79 Å². The molecule has 0 aliphatic carbocycles. The lowest BCUT2D eigenvalue weighted by atomic mass is 10.4. The highest BCUT2D eigenvalue weighted by Crippen LogP contribution is 2.14. The second-order valence-electron chi connectivity index (χ2n) is 2.03. The minimum atomic E-state index is -0.0966. The number of hydrogen-bond acceptors (Lipinski definition) is 2. The van der Waals surface area contributed by atoms with Crippen molar-refractivity contribution in [1.29, 1.82) is 0 Å². The van der Waals surface area contributed by atoms with Gasteiger partial charge in [-0.25, -0.2) is 0 Å². The summed E-state index contributed by atoms with van der Waals surface area (Å²) in [6.45, 7) is 0. The van der Waals surface area contributed by atoms with Crippen molar-refractivity contribution in [1.82, 2.24) is 4.57 Å². The Balaban J connectivity index is 0.000001000. The lowest BCUT2D eigenvalue weighted by Gasteiger charge is -1.99. The van der Waals surface area contributed by atoms with Gasteiger partial charge in [-0.1, -0.05) is 0 Å². The minimum Gasteiger partial charge on any atom is -0.398 e. The first-order chi connectivity index (χ1) is 4.61. The van der Waals surface area contributed by atoms with Crippen molar-refractivity contribution in [3.05, 3.63) is 27.1 Å². The van der Waals surface area contributed by atoms with E-state index < -0.39 is 0 Å². The van der Waals surface area contributed by atoms with Crippen LogP contribution < -0.4 is 11.3 Å². The highest BCUT2D eigenvalue weighted by Gasteiger charge is 1.96. The van der Waals surface area contributed by atoms with Crippen molar-refractivity contribution in [3.63, 3.8) is 0 Å². The van der Waals surface area contributed by atoms with Crippen LogP contribution in [0.5, 0.6) is 0 Å². The molecule has 0 atom stereocenters. The van der Waals surface area contributed by atoms with Crippen LogP contribution in [-0.2, 0) is 7.05 Å². The van der Waals surface area contributed by atoms with Crippen molar-refractivity contribution >= 4 is 34.0 Å². The number of halogens is 2. The van der Waals surface area contributed by atoms with E-state index >= 15 is 0 Å². The molecule has 1 heterocycles. The molecule has 0 aromatic carbocycles. The summed E-state index contributed by atoms with van der Waals surface area (Å²) >= 11 is 3.20. The molecule has 1 aromatic heterocycles. The number of hydrogen-bond donors (Lipinski definition) is 1. The van der Waals surface area contributed by atoms with Crippen LogP contribution in [-0.4, -0.2) is 4.57 Å². The predicted octanol–water partition coefficient (Wildman–Crippen LogP) is 1.15. The summed E-state index contributed by atoms with van der Waals surface area (Å²) in [4.78, 5) is 10.9. The normalized spacial score (nSPS) is 8.91. The van der Waals surface area contributed by atoms with Gasteiger partial charge in [0.2, 0.25) is 0 Å². The zero-order chi connectivity index (χ0) is 7.72. The van der Waals surface area contributed by atoms with Gasteiger partial charge >= 0.3 is 0 Å². The number of aromatic nitrogens is 1. The molecule has 0 saturated heterocycles. The molecule has 0 fully saturated rings. The molecule has 0 bridgehead atoms. The highest BCUT2D eigenvalue weighted by atomic mass is 79.9. The Bertz CT molecular complexity index is 310. The van der Waals surface area contributed by atoms with Gasteiger partial charge in [0.1, 0.15) is 0 Å². The number of pyridine rings is 1. The molecule has 0 aliphatic rings. The molecule has 0 saturated carbocycles. The number of aryl methyl sites for hydroxylation is 1. The second-order valence-corrected chi connectivity index (χ2v) is 2.88. The van der Waals surface area contributed by atoms with Gasteiger partial charge in [-0.15, -0.1) is 12.4 Å². The molecule has 1 aromatic rings. The zero-order valence-electron chi connectivity index (χ0n) is 5.87. The van der Waals surface area contributed by atoms with Gasteiger partial charge in [-0.2, -0.15) is 0 Å². The number of nitrogen functional groups attached to an aromatic ring is 1. The Labute approximate surface area is 78.7 Å². The SMILES string of the molecule is Cl.Cn1cc(Br)c(N)cc1=O. The molecule has 0 aliphatic heterocycles. The van der Waals surface area contributed by atoms with E-state index in [2.05, 4.69) is 15.9 Å². The van der Waals surface area contributed by atoms with Crippen molar-refractivity contribution in [2.45, 2.75) is 0 Å². The van der Waals surface area contributed by atoms with Crippen LogP contribution in [0, 0.1) is 0 Å². The average molecular weight is 240 g/mol. The standard InChI is InChI=1S/C6H7BrN2O.ClH/c1-9-3-4(7)5(8)2-6(9)10;/h2-3H,8H2,1H3;1H. The molecular formula is C6H8BrClN2O. The highest BCUT2D eigenvalue weighted by molar-refractivity contribution is 9.10. The molecule has 0 spiro atoms. The molecular weight excluding hydrogens is 231 g/mol. The fourth-order valence-corrected chi connectivity index (χ4v) is 1.03. The van der Waals surface area contributed by atoms with Crippen LogP contribution in [0.4, 0.5) is 5.69 Å². The molecule has 2 N–H and O–H groups in total. The van der Waals surface area contributed by atoms with Gasteiger partial charge in [0.25, 0.3) is 5.56 Å². The summed E-state index contributed by atoms with van der Waals surface area (Å²) in [5.41, 5.74) is 5.81. The first kappa shape index (κ1) is 10.5. The van der Waals surface area contributed by atoms with E-state index in [0.29, 0.717) is 5.69 Å². The third-order valence-electron chi connectivity index (χ3n) is 1.21. The van der Waals surface area contributed by atoms with E-state index in [1.54, 1.807) is 13.2 Å². The third kappa shape index (κ3) is 2.24. The van der Waals surface area contributed by atoms with Crippen molar-refractivity contribution in [3.8, 4) is 0 Å². The fraction of sp³-hybridized carbons (Fsp3) is 0.167. The van der Waals surface area contributed by atoms with E-state index in [9.17, 15) is 4.79 Å². The van der Waals surface area contributed by atoms with Gasteiger partial charge in [0.15, 0.2) is 0 Å². The van der Waals surface area contributed by atoms with Crippen LogP contribution in [0.25, 0.3) is 0 Å². The van der Waals surface area contributed by atoms with Crippen LogP contribution in [0.1, 0.15) is 0 Å². The summed E-state index contributed by atoms with van der Waals surface area (Å²) in [6.07, 6.45) is 1.64. The number of rotatable bonds is 0. The van der Waals surface area contributed by atoms with Crippen LogP contribution in [0.3, 0.4) is 0 Å². The number of nitrogens with two attached hydrogens (primary N) is 1. The molecule has 0 unspecified atom stereocenters. The maximum Gasteiger partial charge on any atom is 0.252 e. The van der Waals surface area contributed by atoms with Gasteiger partial charge in [0, 0.05) is 19.3 Å². The Kier molecular flexibility index (Phi) is 3.62. The molecule has 11 heavy (non-hydrogen) atoms. The third-order valence-corrected chi connectivity index (χ3v) is 1.87. The van der Waals surface area contributed by atoms with E-state index in [1.807, 2.05) is 0 Å². The topological polar surface area (TPSA) is 48.0 Å². The molecule has 0 amide bonds. The van der Waals surface area contributed by atoms with Gasteiger partial charge < -0.3 is 10.3 Å². The fourth-order valence-electron chi connectivity index (χ4n) is 0.612. The molecule has 62 valence electrons. The van der Waals surface area contributed by atoms with Crippen molar-refractivity contribution in [2.75, 3.05) is 5.73 Å². The molecule has 5 heteroatoms. The monoisotopic (exact) mass is 238 g/mol. The quantitative estimate of drug-likeness (QED) is 0.738. The summed E-state index contributed by atoms with van der Waals surface area (Å²) in [5.74, 6) is 0. The average Bonchev–Trinajstić information content (AvgIpc) is 1.84. The minimum absolute atomic E-state index is 0. The smallest absolute Gasteiger partial charge is 0.252 e. The second kappa shape index (κ2) is 3.78. The van der Waals surface area contributed by atoms with E-state index in [4.69, 9.17) is 5.73 Å². The largest absolute Gasteiger partial charge is 0.398 e. The summed E-state index contributed by atoms with van der Waals surface area (Å²) in [6, 6.07) is 1.38. The van der Waals surface area contributed by atoms with E-state index in [-0.39, 0.29) is 18.0 Å². The Hall–Kier alpha value is -0.480. The summed E-state index contributed by atoms with van der Waals surface area (Å²) in [7, 11) is 1.67. The summed E-state index contributed by atoms with van der Waals surface area (Å²) in [5, 5.41) is 0. The van der Waals surface area contributed by atoms with E-state index in [1.165, 1.54) is 10.6 Å². The molecule has 1 rings (SSSR count). The van der Waals surface area contributed by atoms with Crippen molar-refractivity contribution < 1.29 is 0 Å². The summed E-state index contributed by atoms with van der Waals surface area (Å²) < 4.78 is 2.20. The van der Waals surface area contributed by atoms with E-state index in [0.717, 1.165) is 4.47 Å². The Morgan fingerprint density at radius 1 is 1.64 bits per heavy atom. The predicted molar refractivity (Wildman–Crippen MR) is 51.0 cm³/mol. The Morgan fingerprint density at radius 3 is 2.64 bits per heavy atom. The van der Waals surface area contributed by atoms with Crippen LogP contribution in [0.15, 0.2) is 21.5 Å². The van der Waals surface area contributed by atoms with Gasteiger partial charge in [0.05, 0.1) is 10.2 Å². The molecule has 3 nitrogen and oxygen atoms in total. The Morgan fingerprint density at radius 2 is 2.18 bits per heavy atom. The maximum atomic E-state index is 10.9. The maximum absolute atomic E-state index is 10.9. The number of anilines is 1. The van der Waals surface area contributed by atoms with Crippen LogP contribution >= 0.6 is 28.3 Å². The first-order valence-corrected chi connectivity index (χ1v) is 3.52. The first-order valence-electron chi connectivity index (χ1n) is 2.73. The molecule has 0 radical (unpaired) electrons. The number of nitrogens with zero attached hydrogens (tertiary/aromatic N) is 1. The van der Waals surface area contributed by atoms with Gasteiger partial charge in [-0.05, 0) is 15.9 Å². The lowest BCUT2D eigenvalue weighted by Crippen LogP contribution is -2.15. The van der Waals surface area contributed by atoms with Crippen molar-refractivity contribution in [2.24, 2.45) is 7.05 Å². The lowest BCUT2D eigenvalue weighted by molar-refractivity contribution is 0.857. The van der Waals surface area contributed by atoms with Crippen LogP contribution in [0.2, 0.25) is 0 Å².